The van der Waals surface area contributed by atoms with Gasteiger partial charge in [-0.25, -0.2) is 4.68 Å². The molecule has 1 aromatic heterocycles. The van der Waals surface area contributed by atoms with Crippen molar-refractivity contribution in [3.63, 3.8) is 0 Å². The summed E-state index contributed by atoms with van der Waals surface area (Å²) < 4.78 is 7.88. The Hall–Kier alpha value is -1.36. The van der Waals surface area contributed by atoms with E-state index in [0.717, 1.165) is 31.6 Å². The lowest BCUT2D eigenvalue weighted by molar-refractivity contribution is -0.00455. The van der Waals surface area contributed by atoms with Gasteiger partial charge in [-0.3, -0.25) is 0 Å². The minimum absolute atomic E-state index is 0.234. The van der Waals surface area contributed by atoms with Gasteiger partial charge in [-0.05, 0) is 6.42 Å². The number of likely N-dealkylation sites (tertiary alicyclic amines) is 1. The van der Waals surface area contributed by atoms with Crippen molar-refractivity contribution in [1.82, 2.24) is 19.9 Å². The van der Waals surface area contributed by atoms with Crippen molar-refractivity contribution in [2.75, 3.05) is 13.1 Å². The Kier molecular flexibility index (Phi) is 2.63. The van der Waals surface area contributed by atoms with Crippen LogP contribution < -0.4 is 0 Å². The Bertz CT molecular complexity index is 428. The summed E-state index contributed by atoms with van der Waals surface area (Å²) >= 11 is 0. The molecule has 0 aromatic carbocycles. The minimum Gasteiger partial charge on any atom is -0.370 e. The summed E-state index contributed by atoms with van der Waals surface area (Å²) in [4.78, 5) is 2.33. The molecule has 2 atom stereocenters. The second-order valence-corrected chi connectivity index (χ2v) is 4.81. The summed E-state index contributed by atoms with van der Waals surface area (Å²) in [6.07, 6.45) is 4.22. The van der Waals surface area contributed by atoms with Gasteiger partial charge in [0.1, 0.15) is 0 Å². The van der Waals surface area contributed by atoms with E-state index in [0.29, 0.717) is 12.6 Å². The number of rotatable bonds is 3. The largest absolute Gasteiger partial charge is 0.370 e. The molecule has 3 rings (SSSR count). The van der Waals surface area contributed by atoms with E-state index in [1.165, 1.54) is 5.70 Å². The third-order valence-corrected chi connectivity index (χ3v) is 3.63. The molecule has 1 aromatic rings. The van der Waals surface area contributed by atoms with E-state index in [2.05, 4.69) is 28.7 Å². The molecule has 1 saturated heterocycles. The van der Waals surface area contributed by atoms with Crippen LogP contribution in [0, 0.1) is 0 Å². The van der Waals surface area contributed by atoms with E-state index in [-0.39, 0.29) is 6.10 Å². The number of hydrogen-bond donors (Lipinski definition) is 0. The lowest BCUT2D eigenvalue weighted by atomic mass is 10.2. The lowest BCUT2D eigenvalue weighted by Gasteiger charge is -2.25. The standard InChI is InChI=1S/C12H18N4O/c1-3-4-9(2)15-6-11-12(7-15)17-8-10-5-13-14-16(10)11/h5,11-12H,2-4,6-8H2,1H3/t11-,12?/m1/s1. The predicted octanol–water partition coefficient (Wildman–Crippen LogP) is 1.35. The molecule has 1 unspecified atom stereocenters. The quantitative estimate of drug-likeness (QED) is 0.791. The van der Waals surface area contributed by atoms with Gasteiger partial charge in [-0.2, -0.15) is 0 Å². The van der Waals surface area contributed by atoms with Gasteiger partial charge in [-0.1, -0.05) is 25.1 Å². The molecule has 5 nitrogen and oxygen atoms in total. The van der Waals surface area contributed by atoms with Crippen LogP contribution >= 0.6 is 0 Å². The fourth-order valence-corrected chi connectivity index (χ4v) is 2.70. The monoisotopic (exact) mass is 234 g/mol. The second-order valence-electron chi connectivity index (χ2n) is 4.81. The van der Waals surface area contributed by atoms with E-state index in [9.17, 15) is 0 Å². The molecule has 0 saturated carbocycles. The molecule has 0 amide bonds. The normalized spacial score (nSPS) is 26.8. The summed E-state index contributed by atoms with van der Waals surface area (Å²) in [6, 6.07) is 0.301. The molecule has 2 aliphatic rings. The van der Waals surface area contributed by atoms with Gasteiger partial charge in [0.05, 0.1) is 30.6 Å². The molecule has 5 heteroatoms. The molecule has 0 radical (unpaired) electrons. The predicted molar refractivity (Wildman–Crippen MR) is 63.3 cm³/mol. The van der Waals surface area contributed by atoms with Gasteiger partial charge in [0.15, 0.2) is 0 Å². The maximum Gasteiger partial charge on any atom is 0.0996 e. The molecule has 0 bridgehead atoms. The van der Waals surface area contributed by atoms with Crippen molar-refractivity contribution in [3.05, 3.63) is 24.2 Å². The van der Waals surface area contributed by atoms with Crippen molar-refractivity contribution in [2.24, 2.45) is 0 Å². The van der Waals surface area contributed by atoms with Gasteiger partial charge in [0.2, 0.25) is 0 Å². The Labute approximate surface area is 101 Å². The van der Waals surface area contributed by atoms with Crippen molar-refractivity contribution in [3.8, 4) is 0 Å². The molecule has 2 aliphatic heterocycles. The molecular weight excluding hydrogens is 216 g/mol. The zero-order valence-corrected chi connectivity index (χ0v) is 10.2. The molecule has 1 fully saturated rings. The minimum atomic E-state index is 0.234. The SMILES string of the molecule is C=C(CCC)N1CC2OCc3cnnn3[C@@H]2C1. The van der Waals surface area contributed by atoms with E-state index in [1.54, 1.807) is 6.20 Å². The van der Waals surface area contributed by atoms with Crippen molar-refractivity contribution in [1.29, 1.82) is 0 Å². The summed E-state index contributed by atoms with van der Waals surface area (Å²) in [5, 5.41) is 8.13. The summed E-state index contributed by atoms with van der Waals surface area (Å²) in [7, 11) is 0. The van der Waals surface area contributed by atoms with E-state index < -0.39 is 0 Å². The van der Waals surface area contributed by atoms with Gasteiger partial charge >= 0.3 is 0 Å². The smallest absolute Gasteiger partial charge is 0.0996 e. The Morgan fingerprint density at radius 1 is 1.59 bits per heavy atom. The summed E-state index contributed by atoms with van der Waals surface area (Å²) in [6.45, 7) is 8.84. The number of nitrogens with zero attached hydrogens (tertiary/aromatic N) is 4. The van der Waals surface area contributed by atoms with Gasteiger partial charge in [0, 0.05) is 18.8 Å². The highest BCUT2D eigenvalue weighted by atomic mass is 16.5. The van der Waals surface area contributed by atoms with Gasteiger partial charge in [-0.15, -0.1) is 5.10 Å². The fourth-order valence-electron chi connectivity index (χ4n) is 2.70. The summed E-state index contributed by atoms with van der Waals surface area (Å²) in [5.41, 5.74) is 2.29. The number of aromatic nitrogens is 3. The van der Waals surface area contributed by atoms with Crippen LogP contribution in [0.15, 0.2) is 18.5 Å². The van der Waals surface area contributed by atoms with Crippen LogP contribution in [-0.4, -0.2) is 39.1 Å². The third-order valence-electron chi connectivity index (χ3n) is 3.63. The van der Waals surface area contributed by atoms with Crippen molar-refractivity contribution < 1.29 is 4.74 Å². The summed E-state index contributed by atoms with van der Waals surface area (Å²) in [5.74, 6) is 0. The molecule has 17 heavy (non-hydrogen) atoms. The highest BCUT2D eigenvalue weighted by molar-refractivity contribution is 5.07. The Balaban J connectivity index is 1.77. The van der Waals surface area contributed by atoms with Crippen molar-refractivity contribution >= 4 is 0 Å². The average molecular weight is 234 g/mol. The second kappa shape index (κ2) is 4.14. The zero-order valence-electron chi connectivity index (χ0n) is 10.2. The van der Waals surface area contributed by atoms with E-state index >= 15 is 0 Å². The maximum atomic E-state index is 5.86. The average Bonchev–Trinajstić information content (AvgIpc) is 2.94. The molecular formula is C12H18N4O. The van der Waals surface area contributed by atoms with E-state index in [4.69, 9.17) is 4.74 Å². The van der Waals surface area contributed by atoms with Crippen molar-refractivity contribution in [2.45, 2.75) is 38.5 Å². The van der Waals surface area contributed by atoms with Crippen LogP contribution in [0.1, 0.15) is 31.5 Å². The highest BCUT2D eigenvalue weighted by Crippen LogP contribution is 2.32. The number of allylic oxidation sites excluding steroid dienone is 1. The first-order valence-electron chi connectivity index (χ1n) is 6.23. The first-order chi connectivity index (χ1) is 8.29. The first kappa shape index (κ1) is 10.8. The molecule has 3 heterocycles. The van der Waals surface area contributed by atoms with Crippen LogP contribution in [0.3, 0.4) is 0 Å². The van der Waals surface area contributed by atoms with Crippen LogP contribution in [0.5, 0.6) is 0 Å². The third kappa shape index (κ3) is 1.74. The zero-order chi connectivity index (χ0) is 11.8. The lowest BCUT2D eigenvalue weighted by Crippen LogP contribution is -2.32. The van der Waals surface area contributed by atoms with Crippen LogP contribution in [0.25, 0.3) is 0 Å². The maximum absolute atomic E-state index is 5.86. The van der Waals surface area contributed by atoms with Crippen LogP contribution in [-0.2, 0) is 11.3 Å². The molecule has 0 spiro atoms. The topological polar surface area (TPSA) is 43.2 Å². The Morgan fingerprint density at radius 3 is 3.29 bits per heavy atom. The highest BCUT2D eigenvalue weighted by Gasteiger charge is 2.39. The number of fused-ring (bicyclic) bond motifs is 3. The molecule has 92 valence electrons. The first-order valence-corrected chi connectivity index (χ1v) is 6.23. The van der Waals surface area contributed by atoms with Crippen LogP contribution in [0.4, 0.5) is 0 Å². The number of hydrogen-bond acceptors (Lipinski definition) is 4. The van der Waals surface area contributed by atoms with Crippen LogP contribution in [0.2, 0.25) is 0 Å². The van der Waals surface area contributed by atoms with E-state index in [1.807, 2.05) is 4.68 Å². The van der Waals surface area contributed by atoms with Gasteiger partial charge < -0.3 is 9.64 Å². The van der Waals surface area contributed by atoms with Gasteiger partial charge in [0.25, 0.3) is 0 Å². The fraction of sp³-hybridized carbons (Fsp3) is 0.667. The Morgan fingerprint density at radius 2 is 2.47 bits per heavy atom. The number of ether oxygens (including phenoxy) is 1. The molecule has 0 aliphatic carbocycles. The molecule has 0 N–H and O–H groups in total.